The van der Waals surface area contributed by atoms with Crippen molar-refractivity contribution in [3.63, 3.8) is 0 Å². The first-order valence-electron chi connectivity index (χ1n) is 9.09. The van der Waals surface area contributed by atoms with Crippen LogP contribution in [0.1, 0.15) is 11.6 Å². The third-order valence-corrected chi connectivity index (χ3v) is 5.00. The fourth-order valence-electron chi connectivity index (χ4n) is 3.48. The van der Waals surface area contributed by atoms with Crippen molar-refractivity contribution in [1.29, 1.82) is 0 Å². The number of ether oxygens (including phenoxy) is 2. The average molecular weight is 388 g/mol. The van der Waals surface area contributed by atoms with Crippen LogP contribution >= 0.6 is 11.6 Å². The summed E-state index contributed by atoms with van der Waals surface area (Å²) < 4.78 is 11.1. The Bertz CT molecular complexity index is 830. The first-order chi connectivity index (χ1) is 13.2. The van der Waals surface area contributed by atoms with Crippen LogP contribution in [0.15, 0.2) is 42.5 Å². The molecule has 2 aromatic carbocycles. The molecule has 0 saturated carbocycles. The van der Waals surface area contributed by atoms with E-state index in [-0.39, 0.29) is 11.9 Å². The molecule has 142 valence electrons. The number of rotatable bonds is 4. The Balaban J connectivity index is 1.43. The fraction of sp³-hybridized carbons (Fsp3) is 0.350. The normalized spacial score (nSPS) is 19.5. The van der Waals surface area contributed by atoms with Gasteiger partial charge in [-0.3, -0.25) is 9.69 Å². The maximum absolute atomic E-state index is 12.6. The number of fused-ring (bicyclic) bond motifs is 1. The number of hydrogen-bond donors (Lipinski definition) is 2. The molecule has 1 amide bonds. The molecule has 1 unspecified atom stereocenters. The zero-order valence-electron chi connectivity index (χ0n) is 14.9. The minimum absolute atomic E-state index is 0.0550. The van der Waals surface area contributed by atoms with E-state index in [2.05, 4.69) is 21.6 Å². The summed E-state index contributed by atoms with van der Waals surface area (Å²) in [6.45, 7) is 3.82. The predicted octanol–water partition coefficient (Wildman–Crippen LogP) is 2.70. The number of halogens is 1. The van der Waals surface area contributed by atoms with Crippen molar-refractivity contribution >= 4 is 23.2 Å². The molecule has 0 bridgehead atoms. The number of amides is 1. The first kappa shape index (κ1) is 18.1. The van der Waals surface area contributed by atoms with E-state index in [1.807, 2.05) is 30.3 Å². The van der Waals surface area contributed by atoms with Crippen LogP contribution in [-0.4, -0.2) is 50.2 Å². The summed E-state index contributed by atoms with van der Waals surface area (Å²) in [7, 11) is 0. The lowest BCUT2D eigenvalue weighted by Crippen LogP contribution is -2.48. The molecule has 1 atom stereocenters. The molecule has 27 heavy (non-hydrogen) atoms. The van der Waals surface area contributed by atoms with Crippen LogP contribution in [0.2, 0.25) is 5.02 Å². The quantitative estimate of drug-likeness (QED) is 0.844. The number of nitrogens with zero attached hydrogens (tertiary/aromatic N) is 1. The lowest BCUT2D eigenvalue weighted by atomic mass is 10.0. The van der Waals surface area contributed by atoms with E-state index in [0.717, 1.165) is 25.2 Å². The highest BCUT2D eigenvalue weighted by Crippen LogP contribution is 2.32. The fourth-order valence-corrected chi connectivity index (χ4v) is 3.68. The monoisotopic (exact) mass is 387 g/mol. The van der Waals surface area contributed by atoms with Crippen LogP contribution < -0.4 is 20.1 Å². The topological polar surface area (TPSA) is 62.8 Å². The van der Waals surface area contributed by atoms with Crippen molar-refractivity contribution in [2.45, 2.75) is 6.04 Å². The van der Waals surface area contributed by atoms with Gasteiger partial charge in [0.1, 0.15) is 13.2 Å². The molecule has 0 aromatic heterocycles. The molecule has 0 aliphatic carbocycles. The molecule has 6 nitrogen and oxygen atoms in total. The molecule has 0 radical (unpaired) electrons. The maximum atomic E-state index is 12.6. The Morgan fingerprint density at radius 2 is 2.04 bits per heavy atom. The smallest absolute Gasteiger partial charge is 0.238 e. The second kappa shape index (κ2) is 8.17. The van der Waals surface area contributed by atoms with Gasteiger partial charge in [0, 0.05) is 42.5 Å². The minimum atomic E-state index is -0.0550. The van der Waals surface area contributed by atoms with E-state index < -0.39 is 0 Å². The molecule has 7 heteroatoms. The van der Waals surface area contributed by atoms with Crippen molar-refractivity contribution in [2.75, 3.05) is 44.7 Å². The van der Waals surface area contributed by atoms with Gasteiger partial charge in [-0.25, -0.2) is 0 Å². The van der Waals surface area contributed by atoms with Gasteiger partial charge in [0.25, 0.3) is 0 Å². The number of carbonyl (C=O) groups is 1. The summed E-state index contributed by atoms with van der Waals surface area (Å²) in [4.78, 5) is 14.8. The summed E-state index contributed by atoms with van der Waals surface area (Å²) >= 11 is 6.14. The third kappa shape index (κ3) is 4.35. The molecule has 4 rings (SSSR count). The molecule has 2 aliphatic heterocycles. The van der Waals surface area contributed by atoms with Gasteiger partial charge >= 0.3 is 0 Å². The molecule has 2 N–H and O–H groups in total. The number of anilines is 1. The Morgan fingerprint density at radius 3 is 2.89 bits per heavy atom. The van der Waals surface area contributed by atoms with Gasteiger partial charge in [0.15, 0.2) is 11.5 Å². The standard InChI is InChI=1S/C20H22ClN3O3/c21-15-3-1-2-14(10-15)17-12-22-6-7-24(17)13-20(25)23-16-4-5-18-19(11-16)27-9-8-26-18/h1-5,10-11,17,22H,6-9,12-13H2,(H,23,25). The van der Waals surface area contributed by atoms with E-state index in [4.69, 9.17) is 21.1 Å². The third-order valence-electron chi connectivity index (χ3n) is 4.76. The van der Waals surface area contributed by atoms with Crippen molar-refractivity contribution in [2.24, 2.45) is 0 Å². The van der Waals surface area contributed by atoms with Crippen LogP contribution in [0.3, 0.4) is 0 Å². The summed E-state index contributed by atoms with van der Waals surface area (Å²) in [6, 6.07) is 13.4. The van der Waals surface area contributed by atoms with E-state index in [1.54, 1.807) is 6.07 Å². The first-order valence-corrected chi connectivity index (χ1v) is 9.46. The van der Waals surface area contributed by atoms with Gasteiger partial charge in [0.05, 0.1) is 6.54 Å². The molecule has 1 fully saturated rings. The highest BCUT2D eigenvalue weighted by Gasteiger charge is 2.26. The van der Waals surface area contributed by atoms with Gasteiger partial charge in [-0.2, -0.15) is 0 Å². The molecule has 2 aliphatic rings. The van der Waals surface area contributed by atoms with Gasteiger partial charge in [-0.05, 0) is 29.8 Å². The maximum Gasteiger partial charge on any atom is 0.238 e. The molecular formula is C20H22ClN3O3. The minimum Gasteiger partial charge on any atom is -0.486 e. The van der Waals surface area contributed by atoms with E-state index in [1.165, 1.54) is 0 Å². The Morgan fingerprint density at radius 1 is 1.19 bits per heavy atom. The average Bonchev–Trinajstić information content (AvgIpc) is 2.68. The van der Waals surface area contributed by atoms with Crippen LogP contribution in [0.4, 0.5) is 5.69 Å². The zero-order chi connectivity index (χ0) is 18.6. The molecular weight excluding hydrogens is 366 g/mol. The second-order valence-corrected chi connectivity index (χ2v) is 7.09. The lowest BCUT2D eigenvalue weighted by Gasteiger charge is -2.36. The number of hydrogen-bond acceptors (Lipinski definition) is 5. The molecule has 2 aromatic rings. The number of nitrogens with one attached hydrogen (secondary N) is 2. The van der Waals surface area contributed by atoms with Crippen molar-refractivity contribution in [1.82, 2.24) is 10.2 Å². The Labute approximate surface area is 163 Å². The summed E-state index contributed by atoms with van der Waals surface area (Å²) in [5.41, 5.74) is 1.82. The van der Waals surface area contributed by atoms with Gasteiger partial charge in [-0.15, -0.1) is 0 Å². The van der Waals surface area contributed by atoms with Gasteiger partial charge < -0.3 is 20.1 Å². The summed E-state index contributed by atoms with van der Waals surface area (Å²) in [6.07, 6.45) is 0. The van der Waals surface area contributed by atoms with Crippen LogP contribution in [0.5, 0.6) is 11.5 Å². The van der Waals surface area contributed by atoms with Crippen LogP contribution in [-0.2, 0) is 4.79 Å². The Kier molecular flexibility index (Phi) is 5.48. The summed E-state index contributed by atoms with van der Waals surface area (Å²) in [5.74, 6) is 1.32. The Hall–Kier alpha value is -2.28. The van der Waals surface area contributed by atoms with Crippen molar-refractivity contribution < 1.29 is 14.3 Å². The SMILES string of the molecule is O=C(CN1CCNCC1c1cccc(Cl)c1)Nc1ccc2c(c1)OCCO2. The summed E-state index contributed by atoms with van der Waals surface area (Å²) in [5, 5.41) is 7.06. The second-order valence-electron chi connectivity index (χ2n) is 6.65. The predicted molar refractivity (Wildman–Crippen MR) is 105 cm³/mol. The number of benzene rings is 2. The lowest BCUT2D eigenvalue weighted by molar-refractivity contribution is -0.118. The molecule has 0 spiro atoms. The van der Waals surface area contributed by atoms with E-state index >= 15 is 0 Å². The number of piperazine rings is 1. The van der Waals surface area contributed by atoms with Crippen molar-refractivity contribution in [3.05, 3.63) is 53.1 Å². The van der Waals surface area contributed by atoms with Gasteiger partial charge in [0.2, 0.25) is 5.91 Å². The zero-order valence-corrected chi connectivity index (χ0v) is 15.7. The van der Waals surface area contributed by atoms with Crippen molar-refractivity contribution in [3.8, 4) is 11.5 Å². The van der Waals surface area contributed by atoms with Crippen LogP contribution in [0.25, 0.3) is 0 Å². The highest BCUT2D eigenvalue weighted by molar-refractivity contribution is 6.30. The van der Waals surface area contributed by atoms with E-state index in [0.29, 0.717) is 42.0 Å². The highest BCUT2D eigenvalue weighted by atomic mass is 35.5. The van der Waals surface area contributed by atoms with E-state index in [9.17, 15) is 4.79 Å². The largest absolute Gasteiger partial charge is 0.486 e. The molecule has 1 saturated heterocycles. The molecule has 2 heterocycles. The van der Waals surface area contributed by atoms with Crippen LogP contribution in [0, 0.1) is 0 Å². The number of carbonyl (C=O) groups excluding carboxylic acids is 1. The van der Waals surface area contributed by atoms with Gasteiger partial charge in [-0.1, -0.05) is 23.7 Å².